The first-order valence-electron chi connectivity index (χ1n) is 7.51. The van der Waals surface area contributed by atoms with Crippen molar-refractivity contribution >= 4 is 11.8 Å². The first-order chi connectivity index (χ1) is 10.1. The summed E-state index contributed by atoms with van der Waals surface area (Å²) in [5.41, 5.74) is 1.28. The van der Waals surface area contributed by atoms with E-state index in [4.69, 9.17) is 4.74 Å². The van der Waals surface area contributed by atoms with Crippen LogP contribution >= 0.6 is 0 Å². The maximum Gasteiger partial charge on any atom is 0.313 e. The van der Waals surface area contributed by atoms with Crippen LogP contribution in [0.5, 0.6) is 0 Å². The lowest BCUT2D eigenvalue weighted by atomic mass is 10.0. The molecular formula is C17H24O4. The highest BCUT2D eigenvalue weighted by atomic mass is 16.5. The smallest absolute Gasteiger partial charge is 0.313 e. The molecule has 0 heterocycles. The largest absolute Gasteiger partial charge is 0.466 e. The van der Waals surface area contributed by atoms with Crippen molar-refractivity contribution in [1.29, 1.82) is 0 Å². The lowest BCUT2D eigenvalue weighted by Crippen LogP contribution is -2.17. The summed E-state index contributed by atoms with van der Waals surface area (Å²) >= 11 is 0. The van der Waals surface area contributed by atoms with Gasteiger partial charge in [-0.2, -0.15) is 0 Å². The van der Waals surface area contributed by atoms with Gasteiger partial charge < -0.3 is 9.84 Å². The van der Waals surface area contributed by atoms with Gasteiger partial charge in [-0.25, -0.2) is 0 Å². The number of carbonyl (C=O) groups excluding carboxylic acids is 2. The number of rotatable bonds is 10. The van der Waals surface area contributed by atoms with Crippen LogP contribution in [0.3, 0.4) is 0 Å². The summed E-state index contributed by atoms with van der Waals surface area (Å²) in [6.07, 6.45) is 2.53. The van der Waals surface area contributed by atoms with E-state index in [9.17, 15) is 14.7 Å². The van der Waals surface area contributed by atoms with Crippen LogP contribution in [0.15, 0.2) is 30.3 Å². The Morgan fingerprint density at radius 2 is 1.90 bits per heavy atom. The quantitative estimate of drug-likeness (QED) is 0.409. The molecule has 0 aliphatic carbocycles. The average molecular weight is 292 g/mol. The molecular weight excluding hydrogens is 268 g/mol. The van der Waals surface area contributed by atoms with Gasteiger partial charge in [0.05, 0.1) is 12.7 Å². The van der Waals surface area contributed by atoms with Crippen LogP contribution < -0.4 is 0 Å². The molecule has 0 saturated heterocycles. The number of benzene rings is 1. The molecule has 1 aromatic carbocycles. The van der Waals surface area contributed by atoms with Crippen LogP contribution in [0.4, 0.5) is 0 Å². The minimum absolute atomic E-state index is 0.0319. The zero-order valence-electron chi connectivity index (χ0n) is 12.6. The molecule has 4 nitrogen and oxygen atoms in total. The number of hydrogen-bond acceptors (Lipinski definition) is 4. The Morgan fingerprint density at radius 3 is 2.57 bits per heavy atom. The Kier molecular flexibility index (Phi) is 8.36. The predicted octanol–water partition coefficient (Wildman–Crippen LogP) is 2.67. The number of aliphatic hydroxyl groups excluding tert-OH is 1. The Balaban J connectivity index is 2.12. The molecule has 0 bridgehead atoms. The second-order valence-electron chi connectivity index (χ2n) is 5.11. The van der Waals surface area contributed by atoms with E-state index >= 15 is 0 Å². The molecule has 0 saturated carbocycles. The molecule has 116 valence electrons. The van der Waals surface area contributed by atoms with Crippen molar-refractivity contribution in [2.24, 2.45) is 0 Å². The highest BCUT2D eigenvalue weighted by Crippen LogP contribution is 2.10. The van der Waals surface area contributed by atoms with Crippen LogP contribution in [0.1, 0.15) is 44.6 Å². The summed E-state index contributed by atoms with van der Waals surface area (Å²) in [6, 6.07) is 10.2. The number of Topliss-reactive ketones (excluding diaryl/α,β-unsaturated/α-hetero) is 1. The van der Waals surface area contributed by atoms with Gasteiger partial charge in [-0.1, -0.05) is 36.8 Å². The third-order valence-electron chi connectivity index (χ3n) is 3.21. The summed E-state index contributed by atoms with van der Waals surface area (Å²) in [5, 5.41) is 9.79. The molecule has 0 radical (unpaired) electrons. The molecule has 0 fully saturated rings. The Bertz CT molecular complexity index is 428. The lowest BCUT2D eigenvalue weighted by molar-refractivity contribution is -0.145. The average Bonchev–Trinajstić information content (AvgIpc) is 2.44. The van der Waals surface area contributed by atoms with Crippen molar-refractivity contribution in [1.82, 2.24) is 0 Å². The van der Waals surface area contributed by atoms with Gasteiger partial charge in [-0.3, -0.25) is 9.59 Å². The number of aliphatic hydroxyl groups is 1. The second kappa shape index (κ2) is 10.1. The Hall–Kier alpha value is -1.68. The van der Waals surface area contributed by atoms with Crippen LogP contribution in [0.25, 0.3) is 0 Å². The van der Waals surface area contributed by atoms with Crippen LogP contribution in [0.2, 0.25) is 0 Å². The summed E-state index contributed by atoms with van der Waals surface area (Å²) < 4.78 is 4.70. The molecule has 21 heavy (non-hydrogen) atoms. The van der Waals surface area contributed by atoms with Gasteiger partial charge in [0.1, 0.15) is 12.2 Å². The fourth-order valence-corrected chi connectivity index (χ4v) is 2.16. The second-order valence-corrected chi connectivity index (χ2v) is 5.11. The van der Waals surface area contributed by atoms with Gasteiger partial charge in [-0.05, 0) is 31.7 Å². The van der Waals surface area contributed by atoms with Gasteiger partial charge >= 0.3 is 5.97 Å². The van der Waals surface area contributed by atoms with E-state index in [1.807, 2.05) is 18.2 Å². The number of esters is 1. The predicted molar refractivity (Wildman–Crippen MR) is 80.9 cm³/mol. The molecule has 1 aromatic rings. The summed E-state index contributed by atoms with van der Waals surface area (Å²) in [7, 11) is 0. The van der Waals surface area contributed by atoms with Gasteiger partial charge in [0.25, 0.3) is 0 Å². The summed E-state index contributed by atoms with van der Waals surface area (Å²) in [5.74, 6) is -0.775. The van der Waals surface area contributed by atoms with Gasteiger partial charge in [0.2, 0.25) is 0 Å². The standard InChI is InChI=1S/C17H24O4/c1-2-21-17(20)13-16(19)12-15(18)11-7-6-10-14-8-4-3-5-9-14/h3-5,8-9,15,18H,2,6-7,10-13H2,1H3/t15-/m1/s1. The molecule has 1 rings (SSSR count). The van der Waals surface area contributed by atoms with E-state index < -0.39 is 12.1 Å². The fraction of sp³-hybridized carbons (Fsp3) is 0.529. The monoisotopic (exact) mass is 292 g/mol. The van der Waals surface area contributed by atoms with Crippen molar-refractivity contribution in [3.05, 3.63) is 35.9 Å². The first-order valence-corrected chi connectivity index (χ1v) is 7.51. The topological polar surface area (TPSA) is 63.6 Å². The minimum atomic E-state index is -0.664. The van der Waals surface area contributed by atoms with Gasteiger partial charge in [-0.15, -0.1) is 0 Å². The number of hydrogen-bond donors (Lipinski definition) is 1. The molecule has 0 amide bonds. The molecule has 0 unspecified atom stereocenters. The highest BCUT2D eigenvalue weighted by Gasteiger charge is 2.14. The van der Waals surface area contributed by atoms with Crippen molar-refractivity contribution in [2.75, 3.05) is 6.61 Å². The number of unbranched alkanes of at least 4 members (excludes halogenated alkanes) is 1. The third kappa shape index (κ3) is 8.25. The fourth-order valence-electron chi connectivity index (χ4n) is 2.16. The zero-order valence-corrected chi connectivity index (χ0v) is 12.6. The molecule has 0 aliphatic heterocycles. The first kappa shape index (κ1) is 17.4. The maximum absolute atomic E-state index is 11.5. The van der Waals surface area contributed by atoms with E-state index in [0.717, 1.165) is 19.3 Å². The number of aryl methyl sites for hydroxylation is 1. The maximum atomic E-state index is 11.5. The molecule has 0 aromatic heterocycles. The molecule has 0 spiro atoms. The Labute approximate surface area is 126 Å². The zero-order chi connectivity index (χ0) is 15.5. The normalized spacial score (nSPS) is 11.9. The van der Waals surface area contributed by atoms with Crippen LogP contribution in [-0.4, -0.2) is 29.6 Å². The van der Waals surface area contributed by atoms with E-state index in [1.165, 1.54) is 5.56 Å². The molecule has 4 heteroatoms. The lowest BCUT2D eigenvalue weighted by Gasteiger charge is -2.09. The molecule has 0 aliphatic rings. The third-order valence-corrected chi connectivity index (χ3v) is 3.21. The van der Waals surface area contributed by atoms with E-state index in [2.05, 4.69) is 12.1 Å². The van der Waals surface area contributed by atoms with E-state index in [0.29, 0.717) is 6.42 Å². The number of carbonyl (C=O) groups is 2. The van der Waals surface area contributed by atoms with Crippen molar-refractivity contribution < 1.29 is 19.4 Å². The SMILES string of the molecule is CCOC(=O)CC(=O)C[C@H](O)CCCCc1ccccc1. The van der Waals surface area contributed by atoms with Crippen LogP contribution in [0, 0.1) is 0 Å². The van der Waals surface area contributed by atoms with E-state index in [1.54, 1.807) is 6.92 Å². The molecule has 1 atom stereocenters. The van der Waals surface area contributed by atoms with Crippen molar-refractivity contribution in [3.63, 3.8) is 0 Å². The molecule has 1 N–H and O–H groups in total. The van der Waals surface area contributed by atoms with E-state index in [-0.39, 0.29) is 25.2 Å². The number of ether oxygens (including phenoxy) is 1. The summed E-state index contributed by atoms with van der Waals surface area (Å²) in [6.45, 7) is 1.97. The highest BCUT2D eigenvalue weighted by molar-refractivity contribution is 5.95. The Morgan fingerprint density at radius 1 is 1.19 bits per heavy atom. The number of ketones is 1. The van der Waals surface area contributed by atoms with Gasteiger partial charge in [0, 0.05) is 6.42 Å². The minimum Gasteiger partial charge on any atom is -0.466 e. The van der Waals surface area contributed by atoms with Crippen LogP contribution in [-0.2, 0) is 20.7 Å². The van der Waals surface area contributed by atoms with Crippen molar-refractivity contribution in [2.45, 2.75) is 51.6 Å². The van der Waals surface area contributed by atoms with Crippen molar-refractivity contribution in [3.8, 4) is 0 Å². The van der Waals surface area contributed by atoms with Gasteiger partial charge in [0.15, 0.2) is 0 Å². The summed E-state index contributed by atoms with van der Waals surface area (Å²) in [4.78, 5) is 22.7.